The van der Waals surface area contributed by atoms with Crippen molar-refractivity contribution in [2.75, 3.05) is 6.54 Å². The Labute approximate surface area is 153 Å². The van der Waals surface area contributed by atoms with Crippen molar-refractivity contribution in [1.82, 2.24) is 0 Å². The molecule has 0 bridgehead atoms. The van der Waals surface area contributed by atoms with Gasteiger partial charge in [0, 0.05) is 0 Å². The van der Waals surface area contributed by atoms with Crippen LogP contribution in [0, 0.1) is 11.8 Å². The summed E-state index contributed by atoms with van der Waals surface area (Å²) in [6, 6.07) is 0.0802. The van der Waals surface area contributed by atoms with Crippen LogP contribution < -0.4 is 0 Å². The highest BCUT2D eigenvalue weighted by atomic mass is 16.1. The number of carbonyl (C=O) groups excluding carboxylic acids is 2. The zero-order valence-corrected chi connectivity index (χ0v) is 16.0. The fraction of sp³-hybridized carbons (Fsp3) is 0.905. The van der Waals surface area contributed by atoms with Crippen molar-refractivity contribution in [3.05, 3.63) is 0 Å². The predicted molar refractivity (Wildman–Crippen MR) is 102 cm³/mol. The van der Waals surface area contributed by atoms with E-state index >= 15 is 0 Å². The average molecular weight is 349 g/mol. The molecule has 1 aliphatic rings. The van der Waals surface area contributed by atoms with Gasteiger partial charge in [-0.3, -0.25) is 0 Å². The molecule has 0 aromatic rings. The van der Waals surface area contributed by atoms with E-state index in [0.29, 0.717) is 18.4 Å². The molecule has 4 nitrogen and oxygen atoms in total. The number of nitrogens with zero attached hydrogens (tertiary/aromatic N) is 2. The van der Waals surface area contributed by atoms with Crippen LogP contribution in [0.25, 0.3) is 0 Å². The van der Waals surface area contributed by atoms with Gasteiger partial charge in [0.05, 0.1) is 12.6 Å². The van der Waals surface area contributed by atoms with Crippen LogP contribution in [-0.4, -0.2) is 24.7 Å². The molecule has 1 saturated carbocycles. The predicted octanol–water partition coefficient (Wildman–Crippen LogP) is 5.75. The van der Waals surface area contributed by atoms with Crippen LogP contribution >= 0.6 is 0 Å². The van der Waals surface area contributed by atoms with Crippen LogP contribution in [0.1, 0.15) is 96.8 Å². The Hall–Kier alpha value is -1.24. The summed E-state index contributed by atoms with van der Waals surface area (Å²) >= 11 is 0. The van der Waals surface area contributed by atoms with E-state index in [1.165, 1.54) is 64.2 Å². The summed E-state index contributed by atoms with van der Waals surface area (Å²) in [6.45, 7) is 2.79. The number of hydrogen-bond acceptors (Lipinski definition) is 4. The molecule has 0 radical (unpaired) electrons. The van der Waals surface area contributed by atoms with Crippen molar-refractivity contribution in [2.45, 2.75) is 103 Å². The molecule has 0 saturated heterocycles. The molecule has 3 unspecified atom stereocenters. The van der Waals surface area contributed by atoms with E-state index in [4.69, 9.17) is 0 Å². The van der Waals surface area contributed by atoms with E-state index in [-0.39, 0.29) is 6.04 Å². The molecule has 0 amide bonds. The quantitative estimate of drug-likeness (QED) is 0.228. The first-order chi connectivity index (χ1) is 12.3. The van der Waals surface area contributed by atoms with E-state index in [2.05, 4.69) is 16.9 Å². The molecule has 0 aromatic carbocycles. The van der Waals surface area contributed by atoms with E-state index in [9.17, 15) is 9.59 Å². The van der Waals surface area contributed by atoms with Gasteiger partial charge in [-0.2, -0.15) is 0 Å². The minimum absolute atomic E-state index is 0.0802. The highest BCUT2D eigenvalue weighted by Gasteiger charge is 2.29. The number of unbranched alkanes of at least 4 members (excludes halogenated alkanes) is 9. The van der Waals surface area contributed by atoms with Crippen molar-refractivity contribution in [2.24, 2.45) is 21.8 Å². The zero-order chi connectivity index (χ0) is 18.2. The third kappa shape index (κ3) is 10.4. The molecule has 1 fully saturated rings. The summed E-state index contributed by atoms with van der Waals surface area (Å²) in [4.78, 5) is 28.7. The van der Waals surface area contributed by atoms with Crippen LogP contribution in [0.15, 0.2) is 9.98 Å². The molecule has 0 N–H and O–H groups in total. The summed E-state index contributed by atoms with van der Waals surface area (Å²) in [7, 11) is 0. The van der Waals surface area contributed by atoms with Gasteiger partial charge in [-0.25, -0.2) is 19.6 Å². The molecule has 1 aliphatic carbocycles. The van der Waals surface area contributed by atoms with Crippen molar-refractivity contribution in [3.63, 3.8) is 0 Å². The number of hydrogen-bond donors (Lipinski definition) is 0. The van der Waals surface area contributed by atoms with Gasteiger partial charge in [0.25, 0.3) is 0 Å². The van der Waals surface area contributed by atoms with Crippen LogP contribution in [0.4, 0.5) is 0 Å². The van der Waals surface area contributed by atoms with Crippen LogP contribution in [0.2, 0.25) is 0 Å². The number of rotatable bonds is 14. The van der Waals surface area contributed by atoms with E-state index in [0.717, 1.165) is 25.7 Å². The highest BCUT2D eigenvalue weighted by Crippen LogP contribution is 2.34. The van der Waals surface area contributed by atoms with Crippen molar-refractivity contribution >= 4 is 12.2 Å². The van der Waals surface area contributed by atoms with Crippen molar-refractivity contribution < 1.29 is 9.59 Å². The lowest BCUT2D eigenvalue weighted by Gasteiger charge is -2.32. The summed E-state index contributed by atoms with van der Waals surface area (Å²) in [6.07, 6.45) is 21.1. The van der Waals surface area contributed by atoms with Gasteiger partial charge >= 0.3 is 0 Å². The monoisotopic (exact) mass is 348 g/mol. The molecule has 0 aliphatic heterocycles. The molecule has 0 heterocycles. The highest BCUT2D eigenvalue weighted by molar-refractivity contribution is 5.34. The maximum absolute atomic E-state index is 10.7. The molecule has 142 valence electrons. The van der Waals surface area contributed by atoms with Gasteiger partial charge in [-0.1, -0.05) is 71.1 Å². The van der Waals surface area contributed by atoms with Gasteiger partial charge in [-0.05, 0) is 37.5 Å². The van der Waals surface area contributed by atoms with E-state index < -0.39 is 0 Å². The van der Waals surface area contributed by atoms with Gasteiger partial charge in [0.1, 0.15) is 0 Å². The normalized spacial score (nSPS) is 22.8. The van der Waals surface area contributed by atoms with Crippen LogP contribution in [0.5, 0.6) is 0 Å². The maximum atomic E-state index is 10.7. The topological polar surface area (TPSA) is 58.9 Å². The average Bonchev–Trinajstić information content (AvgIpc) is 2.63. The van der Waals surface area contributed by atoms with Crippen molar-refractivity contribution in [3.8, 4) is 0 Å². The molecular formula is C21H36N2O2. The Morgan fingerprint density at radius 2 is 1.48 bits per heavy atom. The molecule has 0 spiro atoms. The summed E-state index contributed by atoms with van der Waals surface area (Å²) in [5, 5.41) is 0. The molecule has 4 heteroatoms. The zero-order valence-electron chi connectivity index (χ0n) is 16.0. The Kier molecular flexibility index (Phi) is 13.1. The molecule has 1 rings (SSSR count). The Balaban J connectivity index is 2.12. The molecule has 0 aromatic heterocycles. The first-order valence-corrected chi connectivity index (χ1v) is 10.4. The summed E-state index contributed by atoms with van der Waals surface area (Å²) < 4.78 is 0. The largest absolute Gasteiger partial charge is 0.235 e. The lowest BCUT2D eigenvalue weighted by atomic mass is 9.76. The van der Waals surface area contributed by atoms with Gasteiger partial charge in [0.15, 0.2) is 0 Å². The van der Waals surface area contributed by atoms with Crippen LogP contribution in [0.3, 0.4) is 0 Å². The van der Waals surface area contributed by atoms with Crippen molar-refractivity contribution in [1.29, 1.82) is 0 Å². The lowest BCUT2D eigenvalue weighted by Crippen LogP contribution is -2.29. The standard InChI is InChI=1S/C21H36N2O2/c1-2-3-4-5-6-7-8-9-10-11-12-20-14-13-19(16-22-17-24)15-21(20)23-18-25/h19-21H,2-16H2,1H3. The van der Waals surface area contributed by atoms with E-state index in [1.807, 2.05) is 0 Å². The maximum Gasteiger partial charge on any atom is 0.235 e. The smallest absolute Gasteiger partial charge is 0.211 e. The lowest BCUT2D eigenvalue weighted by molar-refractivity contribution is 0.227. The van der Waals surface area contributed by atoms with Gasteiger partial charge in [-0.15, -0.1) is 0 Å². The van der Waals surface area contributed by atoms with E-state index in [1.54, 1.807) is 12.2 Å². The number of aliphatic imine (C=N–C) groups is 2. The van der Waals surface area contributed by atoms with Gasteiger partial charge < -0.3 is 0 Å². The Morgan fingerprint density at radius 3 is 2.08 bits per heavy atom. The molecule has 25 heavy (non-hydrogen) atoms. The molecular weight excluding hydrogens is 312 g/mol. The second-order valence-electron chi connectivity index (χ2n) is 7.63. The number of isocyanates is 2. The Morgan fingerprint density at radius 1 is 0.840 bits per heavy atom. The SMILES string of the molecule is CCCCCCCCCCCCC1CCC(CN=C=O)CC1N=C=O. The fourth-order valence-electron chi connectivity index (χ4n) is 4.08. The minimum Gasteiger partial charge on any atom is -0.211 e. The van der Waals surface area contributed by atoms with Crippen LogP contribution in [-0.2, 0) is 9.59 Å². The van der Waals surface area contributed by atoms with Gasteiger partial charge in [0.2, 0.25) is 12.2 Å². The summed E-state index contributed by atoms with van der Waals surface area (Å²) in [5.74, 6) is 0.875. The third-order valence-corrected chi connectivity index (χ3v) is 5.63. The summed E-state index contributed by atoms with van der Waals surface area (Å²) in [5.41, 5.74) is 0. The molecule has 3 atom stereocenters. The first kappa shape index (κ1) is 21.8. The third-order valence-electron chi connectivity index (χ3n) is 5.63. The minimum atomic E-state index is 0.0802. The fourth-order valence-corrected chi connectivity index (χ4v) is 4.08. The first-order valence-electron chi connectivity index (χ1n) is 10.4. The second-order valence-corrected chi connectivity index (χ2v) is 7.63. The second kappa shape index (κ2) is 15.0. The Bertz CT molecular complexity index is 426.